The van der Waals surface area contributed by atoms with Gasteiger partial charge in [-0.1, -0.05) is 79.5 Å². The van der Waals surface area contributed by atoms with Gasteiger partial charge in [0.15, 0.2) is 0 Å². The molecule has 1 N–H and O–H groups in total. The summed E-state index contributed by atoms with van der Waals surface area (Å²) in [5.74, 6) is 1.62. The zero-order valence-electron chi connectivity index (χ0n) is 20.0. The van der Waals surface area contributed by atoms with Crippen LogP contribution in [0, 0.1) is 5.92 Å². The molecule has 0 aromatic carbocycles. The van der Waals surface area contributed by atoms with Crippen LogP contribution in [0.3, 0.4) is 0 Å². The van der Waals surface area contributed by atoms with Crippen molar-refractivity contribution in [2.75, 3.05) is 13.7 Å². The molecule has 1 aliphatic rings. The Bertz CT molecular complexity index is 500. The Morgan fingerprint density at radius 2 is 1.79 bits per heavy atom. The van der Waals surface area contributed by atoms with Gasteiger partial charge >= 0.3 is 0 Å². The SMILES string of the molecule is C=C/C=C(\C)COc1cc(CNC)nn1CC1CCCCC1.CC.CC.CC. The van der Waals surface area contributed by atoms with E-state index in [1.54, 1.807) is 6.08 Å². The van der Waals surface area contributed by atoms with Crippen LogP contribution >= 0.6 is 0 Å². The summed E-state index contributed by atoms with van der Waals surface area (Å²) in [5.41, 5.74) is 2.20. The molecule has 2 rings (SSSR count). The average molecular weight is 394 g/mol. The number of aromatic nitrogens is 2. The second-order valence-corrected chi connectivity index (χ2v) is 6.23. The minimum Gasteiger partial charge on any atom is -0.473 e. The fraction of sp³-hybridized carbons (Fsp3) is 0.708. The van der Waals surface area contributed by atoms with Gasteiger partial charge < -0.3 is 10.1 Å². The Kier molecular flexibility index (Phi) is 20.7. The number of ether oxygens (including phenoxy) is 1. The Morgan fingerprint density at radius 3 is 2.32 bits per heavy atom. The van der Waals surface area contributed by atoms with Crippen LogP contribution < -0.4 is 10.1 Å². The molecule has 1 aliphatic carbocycles. The van der Waals surface area contributed by atoms with Crippen LogP contribution in [-0.2, 0) is 13.1 Å². The van der Waals surface area contributed by atoms with Crippen molar-refractivity contribution in [1.29, 1.82) is 0 Å². The molecule has 4 heteroatoms. The van der Waals surface area contributed by atoms with Gasteiger partial charge in [0.2, 0.25) is 5.88 Å². The molecule has 1 aromatic heterocycles. The van der Waals surface area contributed by atoms with Crippen molar-refractivity contribution in [3.05, 3.63) is 36.1 Å². The highest BCUT2D eigenvalue weighted by Crippen LogP contribution is 2.27. The van der Waals surface area contributed by atoms with E-state index in [2.05, 4.69) is 29.6 Å². The van der Waals surface area contributed by atoms with Crippen molar-refractivity contribution >= 4 is 0 Å². The van der Waals surface area contributed by atoms with Crippen molar-refractivity contribution in [3.8, 4) is 5.88 Å². The van der Waals surface area contributed by atoms with Crippen molar-refractivity contribution in [1.82, 2.24) is 15.1 Å². The van der Waals surface area contributed by atoms with E-state index < -0.39 is 0 Å². The smallest absolute Gasteiger partial charge is 0.212 e. The van der Waals surface area contributed by atoms with Gasteiger partial charge in [0.05, 0.1) is 5.69 Å². The topological polar surface area (TPSA) is 39.1 Å². The monoisotopic (exact) mass is 393 g/mol. The van der Waals surface area contributed by atoms with Crippen molar-refractivity contribution in [2.24, 2.45) is 5.92 Å². The maximum Gasteiger partial charge on any atom is 0.212 e. The van der Waals surface area contributed by atoms with E-state index in [4.69, 9.17) is 9.84 Å². The van der Waals surface area contributed by atoms with E-state index in [0.717, 1.165) is 36.2 Å². The van der Waals surface area contributed by atoms with Crippen LogP contribution in [0.5, 0.6) is 5.88 Å². The normalized spacial score (nSPS) is 13.8. The first kappa shape index (κ1) is 28.7. The van der Waals surface area contributed by atoms with Crippen molar-refractivity contribution in [2.45, 2.75) is 93.7 Å². The molecule has 4 nitrogen and oxygen atoms in total. The number of hydrogen-bond acceptors (Lipinski definition) is 3. The van der Waals surface area contributed by atoms with Gasteiger partial charge in [-0.2, -0.15) is 5.10 Å². The second kappa shape index (κ2) is 20.2. The van der Waals surface area contributed by atoms with Gasteiger partial charge in [-0.25, -0.2) is 4.68 Å². The van der Waals surface area contributed by atoms with E-state index in [-0.39, 0.29) is 0 Å². The molecule has 1 fully saturated rings. The third-order valence-electron chi connectivity index (χ3n) is 4.16. The Hall–Kier alpha value is -1.55. The number of allylic oxidation sites excluding steroid dienone is 2. The fourth-order valence-corrected chi connectivity index (χ4v) is 3.02. The highest BCUT2D eigenvalue weighted by molar-refractivity contribution is 5.18. The molecular weight excluding hydrogens is 346 g/mol. The number of nitrogens with zero attached hydrogens (tertiary/aromatic N) is 2. The summed E-state index contributed by atoms with van der Waals surface area (Å²) in [6.45, 7) is 20.1. The van der Waals surface area contributed by atoms with Crippen LogP contribution in [0.1, 0.15) is 86.3 Å². The molecule has 0 unspecified atom stereocenters. The molecule has 0 spiro atoms. The Labute approximate surface area is 175 Å². The first-order valence-corrected chi connectivity index (χ1v) is 11.3. The highest BCUT2D eigenvalue weighted by atomic mass is 16.5. The molecule has 28 heavy (non-hydrogen) atoms. The van der Waals surface area contributed by atoms with Crippen LogP contribution in [0.15, 0.2) is 30.4 Å². The third-order valence-corrected chi connectivity index (χ3v) is 4.16. The first-order chi connectivity index (χ1) is 13.7. The predicted octanol–water partition coefficient (Wildman–Crippen LogP) is 6.77. The maximum atomic E-state index is 5.98. The molecule has 1 aromatic rings. The summed E-state index contributed by atoms with van der Waals surface area (Å²) in [4.78, 5) is 0. The van der Waals surface area contributed by atoms with Gasteiger partial charge in [-0.3, -0.25) is 0 Å². The summed E-state index contributed by atoms with van der Waals surface area (Å²) >= 11 is 0. The quantitative estimate of drug-likeness (QED) is 0.495. The lowest BCUT2D eigenvalue weighted by Crippen LogP contribution is -2.17. The van der Waals surface area contributed by atoms with Gasteiger partial charge in [-0.15, -0.1) is 0 Å². The van der Waals surface area contributed by atoms with E-state index in [1.807, 2.05) is 54.7 Å². The lowest BCUT2D eigenvalue weighted by molar-refractivity contribution is 0.265. The van der Waals surface area contributed by atoms with Crippen LogP contribution in [0.25, 0.3) is 0 Å². The minimum atomic E-state index is 0.585. The lowest BCUT2D eigenvalue weighted by atomic mass is 9.89. The van der Waals surface area contributed by atoms with Gasteiger partial charge in [0.1, 0.15) is 6.61 Å². The summed E-state index contributed by atoms with van der Waals surface area (Å²) in [6, 6.07) is 2.06. The molecule has 0 aliphatic heterocycles. The number of rotatable bonds is 8. The number of hydrogen-bond donors (Lipinski definition) is 1. The van der Waals surface area contributed by atoms with E-state index in [0.29, 0.717) is 6.61 Å². The molecule has 0 amide bonds. The molecular formula is C24H47N3O. The van der Waals surface area contributed by atoms with Gasteiger partial charge in [0.25, 0.3) is 0 Å². The number of nitrogens with one attached hydrogen (secondary N) is 1. The maximum absolute atomic E-state index is 5.98. The molecule has 0 bridgehead atoms. The Balaban J connectivity index is 0. The summed E-state index contributed by atoms with van der Waals surface area (Å²) < 4.78 is 8.04. The zero-order chi connectivity index (χ0) is 21.8. The lowest BCUT2D eigenvalue weighted by Gasteiger charge is -2.22. The summed E-state index contributed by atoms with van der Waals surface area (Å²) in [7, 11) is 1.94. The zero-order valence-corrected chi connectivity index (χ0v) is 20.0. The minimum absolute atomic E-state index is 0.585. The predicted molar refractivity (Wildman–Crippen MR) is 125 cm³/mol. The molecule has 1 heterocycles. The standard InChI is InChI=1S/C18H29N3O.3C2H6/c1-4-8-15(2)14-22-18-11-17(12-19-3)20-21(18)13-16-9-6-5-7-10-16;3*1-2/h4,8,11,16,19H,1,5-7,9-10,12-14H2,2-3H3;3*1-2H3/b15-8+;;;. The van der Waals surface area contributed by atoms with E-state index in [9.17, 15) is 0 Å². The fourth-order valence-electron chi connectivity index (χ4n) is 3.02. The average Bonchev–Trinajstić information content (AvgIpc) is 3.13. The van der Waals surface area contributed by atoms with Crippen LogP contribution in [0.4, 0.5) is 0 Å². The van der Waals surface area contributed by atoms with E-state index in [1.165, 1.54) is 32.1 Å². The second-order valence-electron chi connectivity index (χ2n) is 6.23. The molecule has 0 atom stereocenters. The molecule has 0 saturated heterocycles. The van der Waals surface area contributed by atoms with E-state index >= 15 is 0 Å². The van der Waals surface area contributed by atoms with Crippen molar-refractivity contribution in [3.63, 3.8) is 0 Å². The molecule has 164 valence electrons. The summed E-state index contributed by atoms with van der Waals surface area (Å²) in [5, 5.41) is 7.86. The van der Waals surface area contributed by atoms with Gasteiger partial charge in [-0.05, 0) is 38.3 Å². The summed E-state index contributed by atoms with van der Waals surface area (Å²) in [6.07, 6.45) is 10.5. The Morgan fingerprint density at radius 1 is 1.18 bits per heavy atom. The highest BCUT2D eigenvalue weighted by Gasteiger charge is 2.17. The molecule has 0 radical (unpaired) electrons. The van der Waals surface area contributed by atoms with Crippen LogP contribution in [0.2, 0.25) is 0 Å². The first-order valence-electron chi connectivity index (χ1n) is 11.3. The third kappa shape index (κ3) is 12.0. The van der Waals surface area contributed by atoms with Gasteiger partial charge in [0, 0.05) is 19.2 Å². The van der Waals surface area contributed by atoms with Crippen molar-refractivity contribution < 1.29 is 4.74 Å². The molecule has 1 saturated carbocycles. The largest absolute Gasteiger partial charge is 0.473 e. The van der Waals surface area contributed by atoms with Crippen LogP contribution in [-0.4, -0.2) is 23.4 Å².